The summed E-state index contributed by atoms with van der Waals surface area (Å²) < 4.78 is 1.85. The zero-order valence-corrected chi connectivity index (χ0v) is 16.8. The third kappa shape index (κ3) is 3.38. The first-order valence-electron chi connectivity index (χ1n) is 9.07. The Kier molecular flexibility index (Phi) is 5.06. The van der Waals surface area contributed by atoms with Gasteiger partial charge in [-0.1, -0.05) is 6.07 Å². The van der Waals surface area contributed by atoms with Gasteiger partial charge >= 0.3 is 0 Å². The van der Waals surface area contributed by atoms with Gasteiger partial charge in [0.25, 0.3) is 17.7 Å². The third-order valence-electron chi connectivity index (χ3n) is 4.92. The summed E-state index contributed by atoms with van der Waals surface area (Å²) in [4.78, 5) is 38.3. The number of aromatic nitrogens is 3. The fourth-order valence-electron chi connectivity index (χ4n) is 3.34. The van der Waals surface area contributed by atoms with E-state index in [1.807, 2.05) is 35.1 Å². The number of carbonyl (C=O) groups is 3. The minimum absolute atomic E-state index is 0.249. The van der Waals surface area contributed by atoms with Crippen LogP contribution in [0.2, 0.25) is 0 Å². The normalized spacial score (nSPS) is 14.3. The van der Waals surface area contributed by atoms with Gasteiger partial charge in [-0.2, -0.15) is 11.8 Å². The number of nitrogens with zero attached hydrogens (tertiary/aromatic N) is 4. The monoisotopic (exact) mass is 409 g/mol. The Morgan fingerprint density at radius 2 is 1.93 bits per heavy atom. The molecule has 0 spiro atoms. The molecule has 0 aliphatic carbocycles. The van der Waals surface area contributed by atoms with Crippen molar-refractivity contribution < 1.29 is 14.4 Å². The smallest absolute Gasteiger partial charge is 0.261 e. The lowest BCUT2D eigenvalue weighted by Crippen LogP contribution is -2.30. The molecule has 0 saturated carbocycles. The number of benzene rings is 1. The lowest BCUT2D eigenvalue weighted by molar-refractivity contribution is 0.0693. The molecule has 1 atom stereocenters. The summed E-state index contributed by atoms with van der Waals surface area (Å²) in [5.74, 6) is 0.387. The minimum Gasteiger partial charge on any atom is -0.342 e. The maximum atomic E-state index is 12.9. The Morgan fingerprint density at radius 1 is 1.14 bits per heavy atom. The van der Waals surface area contributed by atoms with E-state index in [0.717, 1.165) is 10.7 Å². The first-order chi connectivity index (χ1) is 14.0. The van der Waals surface area contributed by atoms with Gasteiger partial charge in [0, 0.05) is 18.8 Å². The van der Waals surface area contributed by atoms with Crippen molar-refractivity contribution in [1.29, 1.82) is 0 Å². The second-order valence-electron chi connectivity index (χ2n) is 6.72. The summed E-state index contributed by atoms with van der Waals surface area (Å²) in [6.45, 7) is 0. The lowest BCUT2D eigenvalue weighted by Gasteiger charge is -2.17. The molecule has 1 unspecified atom stereocenters. The van der Waals surface area contributed by atoms with Gasteiger partial charge in [-0.3, -0.25) is 23.7 Å². The topological polar surface area (TPSA) is 96.7 Å². The molecule has 8 nitrogen and oxygen atoms in total. The van der Waals surface area contributed by atoms with Crippen molar-refractivity contribution in [1.82, 2.24) is 24.8 Å². The molecule has 3 aromatic rings. The Balaban J connectivity index is 1.63. The quantitative estimate of drug-likeness (QED) is 0.627. The highest BCUT2D eigenvalue weighted by Crippen LogP contribution is 2.24. The summed E-state index contributed by atoms with van der Waals surface area (Å²) in [7, 11) is 1.43. The van der Waals surface area contributed by atoms with Crippen LogP contribution in [0.1, 0.15) is 49.4 Å². The minimum atomic E-state index is -0.401. The molecular formula is C20H19N5O3S. The Hall–Kier alpha value is -3.20. The van der Waals surface area contributed by atoms with E-state index in [2.05, 4.69) is 15.5 Å². The SMILES string of the molecule is CSCCC(NC(=O)c1ccc2c(c1)C(=O)N(C)C2=O)c1nnc2ccccn12. The summed E-state index contributed by atoms with van der Waals surface area (Å²) in [5.41, 5.74) is 1.59. The summed E-state index contributed by atoms with van der Waals surface area (Å²) >= 11 is 1.68. The number of thioether (sulfide) groups is 1. The van der Waals surface area contributed by atoms with Gasteiger partial charge in [0.05, 0.1) is 17.2 Å². The molecule has 3 heterocycles. The molecule has 1 aliphatic heterocycles. The highest BCUT2D eigenvalue weighted by Gasteiger charge is 2.33. The fourth-order valence-corrected chi connectivity index (χ4v) is 3.81. The molecule has 0 radical (unpaired) electrons. The van der Waals surface area contributed by atoms with Crippen molar-refractivity contribution in [2.75, 3.05) is 19.1 Å². The van der Waals surface area contributed by atoms with Crippen molar-refractivity contribution in [3.8, 4) is 0 Å². The number of rotatable bonds is 6. The molecule has 2 aromatic heterocycles. The molecule has 1 aromatic carbocycles. The van der Waals surface area contributed by atoms with Crippen LogP contribution in [0.4, 0.5) is 0 Å². The van der Waals surface area contributed by atoms with Gasteiger partial charge in [0.15, 0.2) is 11.5 Å². The predicted molar refractivity (Wildman–Crippen MR) is 109 cm³/mol. The van der Waals surface area contributed by atoms with Crippen molar-refractivity contribution >= 4 is 35.1 Å². The van der Waals surface area contributed by atoms with E-state index >= 15 is 0 Å². The number of pyridine rings is 1. The fraction of sp³-hybridized carbons (Fsp3) is 0.250. The molecule has 9 heteroatoms. The van der Waals surface area contributed by atoms with E-state index in [-0.39, 0.29) is 23.4 Å². The van der Waals surface area contributed by atoms with E-state index in [0.29, 0.717) is 29.0 Å². The van der Waals surface area contributed by atoms with Gasteiger partial charge in [-0.25, -0.2) is 0 Å². The number of nitrogens with one attached hydrogen (secondary N) is 1. The molecule has 1 aliphatic rings. The van der Waals surface area contributed by atoms with Crippen LogP contribution in [0.5, 0.6) is 0 Å². The van der Waals surface area contributed by atoms with Crippen molar-refractivity contribution in [2.45, 2.75) is 12.5 Å². The van der Waals surface area contributed by atoms with E-state index in [1.165, 1.54) is 19.2 Å². The van der Waals surface area contributed by atoms with Crippen LogP contribution < -0.4 is 5.32 Å². The van der Waals surface area contributed by atoms with Crippen LogP contribution in [0.3, 0.4) is 0 Å². The van der Waals surface area contributed by atoms with Gasteiger partial charge in [-0.05, 0) is 48.8 Å². The van der Waals surface area contributed by atoms with Crippen LogP contribution in [-0.2, 0) is 0 Å². The van der Waals surface area contributed by atoms with E-state index in [4.69, 9.17) is 0 Å². The molecule has 0 saturated heterocycles. The van der Waals surface area contributed by atoms with Crippen LogP contribution in [0, 0.1) is 0 Å². The predicted octanol–water partition coefficient (Wildman–Crippen LogP) is 2.18. The molecule has 0 fully saturated rings. The van der Waals surface area contributed by atoms with Crippen molar-refractivity contribution in [3.05, 3.63) is 65.1 Å². The lowest BCUT2D eigenvalue weighted by atomic mass is 10.0. The molecule has 1 N–H and O–H groups in total. The van der Waals surface area contributed by atoms with Gasteiger partial charge in [-0.15, -0.1) is 10.2 Å². The van der Waals surface area contributed by atoms with Crippen molar-refractivity contribution in [3.63, 3.8) is 0 Å². The van der Waals surface area contributed by atoms with Crippen LogP contribution in [-0.4, -0.2) is 56.3 Å². The number of imide groups is 1. The number of hydrogen-bond donors (Lipinski definition) is 1. The number of hydrogen-bond acceptors (Lipinski definition) is 6. The zero-order chi connectivity index (χ0) is 20.5. The summed E-state index contributed by atoms with van der Waals surface area (Å²) in [6, 6.07) is 9.82. The maximum absolute atomic E-state index is 12.9. The van der Waals surface area contributed by atoms with E-state index in [9.17, 15) is 14.4 Å². The van der Waals surface area contributed by atoms with Crippen LogP contribution in [0.25, 0.3) is 5.65 Å². The molecule has 4 rings (SSSR count). The third-order valence-corrected chi connectivity index (χ3v) is 5.56. The average molecular weight is 409 g/mol. The highest BCUT2D eigenvalue weighted by atomic mass is 32.2. The Bertz CT molecular complexity index is 1130. The van der Waals surface area contributed by atoms with Gasteiger partial charge in [0.1, 0.15) is 0 Å². The Labute approximate surface area is 171 Å². The molecule has 29 heavy (non-hydrogen) atoms. The number of amides is 3. The largest absolute Gasteiger partial charge is 0.342 e. The summed E-state index contributed by atoms with van der Waals surface area (Å²) in [6.07, 6.45) is 4.53. The number of fused-ring (bicyclic) bond motifs is 2. The number of carbonyl (C=O) groups excluding carboxylic acids is 3. The average Bonchev–Trinajstić information content (AvgIpc) is 3.26. The maximum Gasteiger partial charge on any atom is 0.261 e. The Morgan fingerprint density at radius 3 is 2.72 bits per heavy atom. The second kappa shape index (κ2) is 7.67. The standard InChI is InChI=1S/C20H19N5O3S/c1-24-19(27)13-7-6-12(11-14(13)20(24)28)18(26)21-15(8-10-29-2)17-23-22-16-5-3-4-9-25(16)17/h3-7,9,11,15H,8,10H2,1-2H3,(H,21,26). The zero-order valence-electron chi connectivity index (χ0n) is 16.0. The second-order valence-corrected chi connectivity index (χ2v) is 7.71. The summed E-state index contributed by atoms with van der Waals surface area (Å²) in [5, 5.41) is 11.4. The van der Waals surface area contributed by atoms with E-state index in [1.54, 1.807) is 17.8 Å². The van der Waals surface area contributed by atoms with Gasteiger partial charge in [0.2, 0.25) is 0 Å². The molecule has 0 bridgehead atoms. The first-order valence-corrected chi connectivity index (χ1v) is 10.5. The van der Waals surface area contributed by atoms with Crippen LogP contribution in [0.15, 0.2) is 42.6 Å². The van der Waals surface area contributed by atoms with E-state index < -0.39 is 5.91 Å². The molecular weight excluding hydrogens is 390 g/mol. The highest BCUT2D eigenvalue weighted by molar-refractivity contribution is 7.98. The molecule has 148 valence electrons. The van der Waals surface area contributed by atoms with Crippen molar-refractivity contribution in [2.24, 2.45) is 0 Å². The van der Waals surface area contributed by atoms with Gasteiger partial charge < -0.3 is 5.32 Å². The first kappa shape index (κ1) is 19.1. The molecule has 3 amide bonds. The van der Waals surface area contributed by atoms with Crippen LogP contribution >= 0.6 is 11.8 Å².